The summed E-state index contributed by atoms with van der Waals surface area (Å²) in [4.78, 5) is 8.99. The van der Waals surface area contributed by atoms with Crippen molar-refractivity contribution in [3.63, 3.8) is 0 Å². The highest BCUT2D eigenvalue weighted by Crippen LogP contribution is 2.38. The zero-order chi connectivity index (χ0) is 11.9. The molecule has 0 spiro atoms. The van der Waals surface area contributed by atoms with Gasteiger partial charge in [0, 0.05) is 17.5 Å². The lowest BCUT2D eigenvalue weighted by molar-refractivity contribution is 0.935. The molecule has 0 unspecified atom stereocenters. The van der Waals surface area contributed by atoms with Crippen molar-refractivity contribution in [3.8, 4) is 11.5 Å². The van der Waals surface area contributed by atoms with Gasteiger partial charge in [0.25, 0.3) is 0 Å². The number of H-pyrrole nitrogens is 1. The Labute approximate surface area is 104 Å². The summed E-state index contributed by atoms with van der Waals surface area (Å²) in [6.07, 6.45) is 4.25. The predicted octanol–water partition coefficient (Wildman–Crippen LogP) is 2.90. The Balaban J connectivity index is 1.89. The third-order valence-electron chi connectivity index (χ3n) is 3.35. The van der Waals surface area contributed by atoms with E-state index in [1.807, 2.05) is 24.4 Å². The number of pyridine rings is 1. The summed E-state index contributed by atoms with van der Waals surface area (Å²) >= 11 is 0. The van der Waals surface area contributed by atoms with E-state index in [0.717, 1.165) is 16.9 Å². The predicted molar refractivity (Wildman–Crippen MR) is 69.1 cm³/mol. The van der Waals surface area contributed by atoms with E-state index in [-0.39, 0.29) is 0 Å². The van der Waals surface area contributed by atoms with Crippen molar-refractivity contribution in [2.75, 3.05) is 0 Å². The standard InChI is InChI=1S/C14H12N4/c1-2-4-11-9(3-1)7-8-15-12(11)14-16-13(17-18-14)10-5-6-10/h1-4,7-8,10H,5-6H2,(H,16,17,18). The van der Waals surface area contributed by atoms with Crippen LogP contribution in [0.25, 0.3) is 22.3 Å². The second-order valence-corrected chi connectivity index (χ2v) is 4.70. The molecule has 1 aliphatic carbocycles. The van der Waals surface area contributed by atoms with Gasteiger partial charge in [-0.05, 0) is 24.3 Å². The molecule has 2 heterocycles. The van der Waals surface area contributed by atoms with Crippen molar-refractivity contribution in [2.45, 2.75) is 18.8 Å². The van der Waals surface area contributed by atoms with Crippen LogP contribution in [0, 0.1) is 0 Å². The zero-order valence-corrected chi connectivity index (χ0v) is 9.80. The van der Waals surface area contributed by atoms with Crippen LogP contribution in [0.4, 0.5) is 0 Å². The van der Waals surface area contributed by atoms with Gasteiger partial charge in [0.15, 0.2) is 5.82 Å². The van der Waals surface area contributed by atoms with E-state index in [1.54, 1.807) is 0 Å². The van der Waals surface area contributed by atoms with E-state index < -0.39 is 0 Å². The molecule has 2 aromatic heterocycles. The normalized spacial score (nSPS) is 15.1. The molecule has 0 aliphatic heterocycles. The largest absolute Gasteiger partial charge is 0.262 e. The molecule has 1 aromatic carbocycles. The lowest BCUT2D eigenvalue weighted by atomic mass is 10.1. The summed E-state index contributed by atoms with van der Waals surface area (Å²) in [6.45, 7) is 0. The minimum absolute atomic E-state index is 0.584. The summed E-state index contributed by atoms with van der Waals surface area (Å²) in [5.74, 6) is 2.29. The number of rotatable bonds is 2. The van der Waals surface area contributed by atoms with Crippen LogP contribution in [0.3, 0.4) is 0 Å². The first-order valence-electron chi connectivity index (χ1n) is 6.18. The fraction of sp³-hybridized carbons (Fsp3) is 0.214. The summed E-state index contributed by atoms with van der Waals surface area (Å²) < 4.78 is 0. The molecule has 0 saturated heterocycles. The van der Waals surface area contributed by atoms with Crippen LogP contribution >= 0.6 is 0 Å². The Bertz CT molecular complexity index is 707. The maximum atomic E-state index is 4.56. The molecule has 4 rings (SSSR count). The molecule has 3 aromatic rings. The van der Waals surface area contributed by atoms with E-state index in [4.69, 9.17) is 0 Å². The average Bonchev–Trinajstić information content (AvgIpc) is 3.16. The highest BCUT2D eigenvalue weighted by Gasteiger charge is 2.27. The number of aromatic nitrogens is 4. The molecule has 0 bridgehead atoms. The minimum Gasteiger partial charge on any atom is -0.262 e. The summed E-state index contributed by atoms with van der Waals surface area (Å²) in [5, 5.41) is 9.59. The fourth-order valence-corrected chi connectivity index (χ4v) is 2.22. The van der Waals surface area contributed by atoms with E-state index >= 15 is 0 Å². The molecular weight excluding hydrogens is 224 g/mol. The molecule has 4 nitrogen and oxygen atoms in total. The SMILES string of the molecule is c1ccc2c(-c3n[nH]c(C4CC4)n3)nccc2c1. The Morgan fingerprint density at radius 1 is 1.11 bits per heavy atom. The fourth-order valence-electron chi connectivity index (χ4n) is 2.22. The lowest BCUT2D eigenvalue weighted by Gasteiger charge is -2.00. The molecule has 0 amide bonds. The molecule has 88 valence electrons. The molecule has 0 radical (unpaired) electrons. The van der Waals surface area contributed by atoms with Crippen LogP contribution in [0.5, 0.6) is 0 Å². The molecular formula is C14H12N4. The zero-order valence-electron chi connectivity index (χ0n) is 9.80. The molecule has 1 fully saturated rings. The number of hydrogen-bond acceptors (Lipinski definition) is 3. The van der Waals surface area contributed by atoms with Crippen molar-refractivity contribution < 1.29 is 0 Å². The van der Waals surface area contributed by atoms with Crippen molar-refractivity contribution in [3.05, 3.63) is 42.4 Å². The minimum atomic E-state index is 0.584. The monoisotopic (exact) mass is 236 g/mol. The first kappa shape index (κ1) is 9.76. The third kappa shape index (κ3) is 1.49. The quantitative estimate of drug-likeness (QED) is 0.744. The van der Waals surface area contributed by atoms with Crippen LogP contribution in [-0.4, -0.2) is 20.2 Å². The number of fused-ring (bicyclic) bond motifs is 1. The molecule has 18 heavy (non-hydrogen) atoms. The van der Waals surface area contributed by atoms with Gasteiger partial charge in [0.1, 0.15) is 11.5 Å². The summed E-state index contributed by atoms with van der Waals surface area (Å²) in [6, 6.07) is 10.2. The number of aromatic amines is 1. The summed E-state index contributed by atoms with van der Waals surface area (Å²) in [7, 11) is 0. The first-order chi connectivity index (χ1) is 8.92. The van der Waals surface area contributed by atoms with Gasteiger partial charge in [-0.3, -0.25) is 10.1 Å². The molecule has 1 saturated carbocycles. The van der Waals surface area contributed by atoms with E-state index in [1.165, 1.54) is 18.2 Å². The average molecular weight is 236 g/mol. The maximum absolute atomic E-state index is 4.56. The number of benzene rings is 1. The Hall–Kier alpha value is -2.23. The molecule has 1 aliphatic rings. The molecule has 0 atom stereocenters. The Kier molecular flexibility index (Phi) is 1.97. The highest BCUT2D eigenvalue weighted by atomic mass is 15.2. The number of nitrogens with one attached hydrogen (secondary N) is 1. The molecule has 4 heteroatoms. The van der Waals surface area contributed by atoms with Gasteiger partial charge in [-0.25, -0.2) is 4.98 Å². The van der Waals surface area contributed by atoms with Gasteiger partial charge < -0.3 is 0 Å². The number of nitrogens with zero attached hydrogens (tertiary/aromatic N) is 3. The maximum Gasteiger partial charge on any atom is 0.200 e. The topological polar surface area (TPSA) is 54.5 Å². The molecule has 1 N–H and O–H groups in total. The lowest BCUT2D eigenvalue weighted by Crippen LogP contribution is -1.88. The van der Waals surface area contributed by atoms with Crippen molar-refractivity contribution in [1.29, 1.82) is 0 Å². The van der Waals surface area contributed by atoms with Gasteiger partial charge in [-0.2, -0.15) is 5.10 Å². The summed E-state index contributed by atoms with van der Waals surface area (Å²) in [5.41, 5.74) is 0.858. The highest BCUT2D eigenvalue weighted by molar-refractivity contribution is 5.92. The Morgan fingerprint density at radius 3 is 2.89 bits per heavy atom. The van der Waals surface area contributed by atoms with Crippen molar-refractivity contribution in [2.24, 2.45) is 0 Å². The van der Waals surface area contributed by atoms with Crippen LogP contribution in [0.2, 0.25) is 0 Å². The van der Waals surface area contributed by atoms with Crippen LogP contribution in [0.15, 0.2) is 36.5 Å². The number of hydrogen-bond donors (Lipinski definition) is 1. The Morgan fingerprint density at radius 2 is 2.00 bits per heavy atom. The van der Waals surface area contributed by atoms with E-state index in [0.29, 0.717) is 11.7 Å². The van der Waals surface area contributed by atoms with Crippen molar-refractivity contribution >= 4 is 10.8 Å². The third-order valence-corrected chi connectivity index (χ3v) is 3.35. The van der Waals surface area contributed by atoms with E-state index in [9.17, 15) is 0 Å². The first-order valence-corrected chi connectivity index (χ1v) is 6.18. The van der Waals surface area contributed by atoms with Gasteiger partial charge in [-0.15, -0.1) is 0 Å². The van der Waals surface area contributed by atoms with Gasteiger partial charge in [0.05, 0.1) is 0 Å². The van der Waals surface area contributed by atoms with Crippen LogP contribution in [-0.2, 0) is 0 Å². The van der Waals surface area contributed by atoms with Crippen molar-refractivity contribution in [1.82, 2.24) is 20.2 Å². The van der Waals surface area contributed by atoms with Crippen LogP contribution < -0.4 is 0 Å². The van der Waals surface area contributed by atoms with Gasteiger partial charge in [-0.1, -0.05) is 24.3 Å². The van der Waals surface area contributed by atoms with E-state index in [2.05, 4.69) is 32.3 Å². The second-order valence-electron chi connectivity index (χ2n) is 4.70. The van der Waals surface area contributed by atoms with Gasteiger partial charge in [0.2, 0.25) is 0 Å². The second kappa shape index (κ2) is 3.63. The smallest absolute Gasteiger partial charge is 0.200 e. The van der Waals surface area contributed by atoms with Crippen LogP contribution in [0.1, 0.15) is 24.6 Å². The van der Waals surface area contributed by atoms with Gasteiger partial charge >= 0.3 is 0 Å².